The summed E-state index contributed by atoms with van der Waals surface area (Å²) in [6, 6.07) is 17.3. The lowest BCUT2D eigenvalue weighted by Gasteiger charge is -2.29. The molecule has 162 valence electrons. The van der Waals surface area contributed by atoms with Gasteiger partial charge in [-0.2, -0.15) is 0 Å². The Balaban J connectivity index is 1.40. The average Bonchev–Trinajstić information content (AvgIpc) is 3.54. The van der Waals surface area contributed by atoms with E-state index in [0.29, 0.717) is 41.1 Å². The molecule has 1 N–H and O–H groups in total. The minimum atomic E-state index is -0.170. The van der Waals surface area contributed by atoms with E-state index in [1.165, 1.54) is 11.3 Å². The summed E-state index contributed by atoms with van der Waals surface area (Å²) in [4.78, 5) is 25.3. The number of benzene rings is 1. The molecule has 7 nitrogen and oxygen atoms in total. The summed E-state index contributed by atoms with van der Waals surface area (Å²) in [6.07, 6.45) is 3.39. The molecule has 1 aromatic carbocycles. The third-order valence-electron chi connectivity index (χ3n) is 5.23. The molecule has 1 amide bonds. The number of carbonyl (C=O) groups excluding carboxylic acids is 1. The highest BCUT2D eigenvalue weighted by Crippen LogP contribution is 2.34. The number of aromatic nitrogens is 2. The van der Waals surface area contributed by atoms with E-state index in [2.05, 4.69) is 15.2 Å². The highest BCUT2D eigenvalue weighted by atomic mass is 32.1. The zero-order chi connectivity index (χ0) is 21.8. The van der Waals surface area contributed by atoms with Gasteiger partial charge in [0.1, 0.15) is 10.7 Å². The van der Waals surface area contributed by atoms with Crippen molar-refractivity contribution in [2.45, 2.75) is 6.54 Å². The Labute approximate surface area is 189 Å². The van der Waals surface area contributed by atoms with E-state index in [-0.39, 0.29) is 5.91 Å². The number of hydrogen-bond donors (Lipinski definition) is 1. The largest absolute Gasteiger partial charge is 0.462 e. The summed E-state index contributed by atoms with van der Waals surface area (Å²) >= 11 is 1.33. The Hall–Kier alpha value is -3.49. The molecule has 32 heavy (non-hydrogen) atoms. The van der Waals surface area contributed by atoms with Crippen LogP contribution in [0, 0.1) is 0 Å². The van der Waals surface area contributed by atoms with Crippen LogP contribution in [0.15, 0.2) is 71.5 Å². The summed E-state index contributed by atoms with van der Waals surface area (Å²) in [5.41, 5.74) is 2.51. The second kappa shape index (κ2) is 9.33. The fourth-order valence-corrected chi connectivity index (χ4v) is 4.63. The minimum absolute atomic E-state index is 0.170. The zero-order valence-corrected chi connectivity index (χ0v) is 18.2. The molecule has 1 saturated heterocycles. The van der Waals surface area contributed by atoms with Crippen molar-refractivity contribution in [1.82, 2.24) is 15.3 Å². The number of anilines is 1. The van der Waals surface area contributed by atoms with Crippen molar-refractivity contribution >= 4 is 23.1 Å². The molecule has 1 fully saturated rings. The molecule has 1 aliphatic heterocycles. The fourth-order valence-electron chi connectivity index (χ4n) is 3.66. The van der Waals surface area contributed by atoms with Crippen LogP contribution in [-0.2, 0) is 11.3 Å². The molecule has 0 saturated carbocycles. The van der Waals surface area contributed by atoms with Gasteiger partial charge in [-0.05, 0) is 18.2 Å². The Morgan fingerprint density at radius 3 is 2.69 bits per heavy atom. The number of nitrogens with zero attached hydrogens (tertiary/aromatic N) is 3. The van der Waals surface area contributed by atoms with E-state index in [1.807, 2.05) is 54.6 Å². The van der Waals surface area contributed by atoms with Gasteiger partial charge < -0.3 is 19.4 Å². The monoisotopic (exact) mass is 446 g/mol. The molecule has 8 heteroatoms. The Morgan fingerprint density at radius 1 is 1.06 bits per heavy atom. The normalized spacial score (nSPS) is 13.8. The van der Waals surface area contributed by atoms with Gasteiger partial charge in [-0.25, -0.2) is 9.97 Å². The number of furan rings is 1. The van der Waals surface area contributed by atoms with Crippen LogP contribution < -0.4 is 10.2 Å². The topological polar surface area (TPSA) is 80.5 Å². The highest BCUT2D eigenvalue weighted by Gasteiger charge is 2.22. The van der Waals surface area contributed by atoms with Gasteiger partial charge in [-0.1, -0.05) is 36.4 Å². The van der Waals surface area contributed by atoms with Crippen LogP contribution in [0.25, 0.3) is 22.0 Å². The summed E-state index contributed by atoms with van der Waals surface area (Å²) in [6.45, 7) is 3.31. The van der Waals surface area contributed by atoms with Crippen molar-refractivity contribution in [3.8, 4) is 22.0 Å². The number of pyridine rings is 1. The van der Waals surface area contributed by atoms with Crippen LogP contribution in [0.3, 0.4) is 0 Å². The smallest absolute Gasteiger partial charge is 0.263 e. The standard InChI is InChI=1S/C24H22N4O3S/c29-23(26-16-18-8-4-10-25-22(18)28-11-14-30-15-12-28)21-20(17-6-2-1-3-7-17)27-24(32-21)19-9-5-13-31-19/h1-10,13H,11-12,14-16H2,(H,26,29). The number of morpholine rings is 1. The summed E-state index contributed by atoms with van der Waals surface area (Å²) in [7, 11) is 0. The van der Waals surface area contributed by atoms with Crippen molar-refractivity contribution in [3.63, 3.8) is 0 Å². The molecular weight excluding hydrogens is 424 g/mol. The van der Waals surface area contributed by atoms with Gasteiger partial charge in [0.15, 0.2) is 10.8 Å². The van der Waals surface area contributed by atoms with E-state index < -0.39 is 0 Å². The number of carbonyl (C=O) groups is 1. The van der Waals surface area contributed by atoms with E-state index in [0.717, 1.165) is 30.0 Å². The number of thiazole rings is 1. The van der Waals surface area contributed by atoms with Crippen LogP contribution in [0.2, 0.25) is 0 Å². The average molecular weight is 447 g/mol. The molecule has 0 bridgehead atoms. The number of amides is 1. The van der Waals surface area contributed by atoms with E-state index in [1.54, 1.807) is 12.5 Å². The van der Waals surface area contributed by atoms with Crippen LogP contribution >= 0.6 is 11.3 Å². The molecule has 4 heterocycles. The quantitative estimate of drug-likeness (QED) is 0.477. The predicted molar refractivity (Wildman–Crippen MR) is 124 cm³/mol. The molecule has 1 aliphatic rings. The third-order valence-corrected chi connectivity index (χ3v) is 6.30. The first kappa shape index (κ1) is 20.4. The van der Waals surface area contributed by atoms with Crippen molar-refractivity contribution in [2.75, 3.05) is 31.2 Å². The molecule has 0 spiro atoms. The van der Waals surface area contributed by atoms with E-state index in [9.17, 15) is 4.79 Å². The van der Waals surface area contributed by atoms with Gasteiger partial charge in [0, 0.05) is 37.0 Å². The van der Waals surface area contributed by atoms with Crippen LogP contribution in [0.4, 0.5) is 5.82 Å². The highest BCUT2D eigenvalue weighted by molar-refractivity contribution is 7.17. The molecule has 5 rings (SSSR count). The molecule has 0 unspecified atom stereocenters. The maximum Gasteiger partial charge on any atom is 0.263 e. The van der Waals surface area contributed by atoms with Gasteiger partial charge in [-0.3, -0.25) is 4.79 Å². The molecule has 0 aliphatic carbocycles. The van der Waals surface area contributed by atoms with Gasteiger partial charge in [-0.15, -0.1) is 11.3 Å². The lowest BCUT2D eigenvalue weighted by atomic mass is 10.1. The molecule has 0 radical (unpaired) electrons. The van der Waals surface area contributed by atoms with E-state index >= 15 is 0 Å². The van der Waals surface area contributed by atoms with Crippen LogP contribution in [0.1, 0.15) is 15.2 Å². The number of ether oxygens (including phenoxy) is 1. The Morgan fingerprint density at radius 2 is 1.91 bits per heavy atom. The van der Waals surface area contributed by atoms with Crippen molar-refractivity contribution in [1.29, 1.82) is 0 Å². The second-order valence-corrected chi connectivity index (χ2v) is 8.31. The van der Waals surface area contributed by atoms with Crippen LogP contribution in [-0.4, -0.2) is 42.2 Å². The maximum absolute atomic E-state index is 13.3. The van der Waals surface area contributed by atoms with Crippen LogP contribution in [0.5, 0.6) is 0 Å². The zero-order valence-electron chi connectivity index (χ0n) is 17.4. The van der Waals surface area contributed by atoms with Crippen molar-refractivity contribution in [2.24, 2.45) is 0 Å². The maximum atomic E-state index is 13.3. The van der Waals surface area contributed by atoms with Crippen molar-refractivity contribution < 1.29 is 13.9 Å². The van der Waals surface area contributed by atoms with Gasteiger partial charge >= 0.3 is 0 Å². The van der Waals surface area contributed by atoms with Gasteiger partial charge in [0.2, 0.25) is 0 Å². The first-order valence-electron chi connectivity index (χ1n) is 10.4. The lowest BCUT2D eigenvalue weighted by molar-refractivity contribution is 0.0955. The molecular formula is C24H22N4O3S. The summed E-state index contributed by atoms with van der Waals surface area (Å²) in [5.74, 6) is 1.36. The number of rotatable bonds is 6. The summed E-state index contributed by atoms with van der Waals surface area (Å²) in [5, 5.41) is 3.74. The van der Waals surface area contributed by atoms with Gasteiger partial charge in [0.05, 0.1) is 25.2 Å². The first-order chi connectivity index (χ1) is 15.8. The fraction of sp³-hybridized carbons (Fsp3) is 0.208. The Bertz CT molecular complexity index is 1190. The number of nitrogens with one attached hydrogen (secondary N) is 1. The third kappa shape index (κ3) is 4.28. The number of hydrogen-bond acceptors (Lipinski definition) is 7. The minimum Gasteiger partial charge on any atom is -0.462 e. The Kier molecular flexibility index (Phi) is 5.96. The van der Waals surface area contributed by atoms with Crippen molar-refractivity contribution in [3.05, 3.63) is 77.5 Å². The van der Waals surface area contributed by atoms with E-state index in [4.69, 9.17) is 14.1 Å². The van der Waals surface area contributed by atoms with Gasteiger partial charge in [0.25, 0.3) is 5.91 Å². The second-order valence-electron chi connectivity index (χ2n) is 7.31. The SMILES string of the molecule is O=C(NCc1cccnc1N1CCOCC1)c1sc(-c2ccco2)nc1-c1ccccc1. The molecule has 3 aromatic heterocycles. The lowest BCUT2D eigenvalue weighted by Crippen LogP contribution is -2.37. The predicted octanol–water partition coefficient (Wildman–Crippen LogP) is 4.23. The summed E-state index contributed by atoms with van der Waals surface area (Å²) < 4.78 is 11.0. The molecule has 0 atom stereocenters. The molecule has 4 aromatic rings. The first-order valence-corrected chi connectivity index (χ1v) is 11.3.